The summed E-state index contributed by atoms with van der Waals surface area (Å²) in [7, 11) is 1.60. The average Bonchev–Trinajstić information content (AvgIpc) is 3.16. The maximum atomic E-state index is 13.6. The lowest BCUT2D eigenvalue weighted by Gasteiger charge is -2.24. The van der Waals surface area contributed by atoms with Gasteiger partial charge in [0.25, 0.3) is 5.91 Å². The van der Waals surface area contributed by atoms with Crippen molar-refractivity contribution in [2.75, 3.05) is 13.7 Å². The van der Waals surface area contributed by atoms with Crippen molar-refractivity contribution in [3.63, 3.8) is 0 Å². The van der Waals surface area contributed by atoms with Gasteiger partial charge in [-0.25, -0.2) is 9.37 Å². The number of aliphatic hydroxyl groups excluding tert-OH is 1. The third-order valence-corrected chi connectivity index (χ3v) is 5.79. The SMILES string of the molecule is CO[C@H](C)c1nc(C)c(C(=O)N2C[C@@H](O)C[C@@H]2c2cccc(F)c2)s1. The highest BCUT2D eigenvalue weighted by Crippen LogP contribution is 2.35. The molecule has 0 radical (unpaired) electrons. The zero-order valence-electron chi connectivity index (χ0n) is 14.4. The van der Waals surface area contributed by atoms with Crippen LogP contribution < -0.4 is 0 Å². The van der Waals surface area contributed by atoms with Crippen LogP contribution in [0.1, 0.15) is 51.4 Å². The Morgan fingerprint density at radius 3 is 2.96 bits per heavy atom. The Labute approximate surface area is 150 Å². The van der Waals surface area contributed by atoms with Crippen molar-refractivity contribution in [1.82, 2.24) is 9.88 Å². The van der Waals surface area contributed by atoms with Gasteiger partial charge in [-0.3, -0.25) is 4.79 Å². The predicted octanol–water partition coefficient (Wildman–Crippen LogP) is 3.25. The van der Waals surface area contributed by atoms with Crippen LogP contribution in [-0.2, 0) is 4.74 Å². The topological polar surface area (TPSA) is 62.7 Å². The van der Waals surface area contributed by atoms with E-state index in [2.05, 4.69) is 4.98 Å². The molecule has 0 aliphatic carbocycles. The minimum Gasteiger partial charge on any atom is -0.391 e. The normalized spacial score (nSPS) is 21.6. The van der Waals surface area contributed by atoms with Crippen molar-refractivity contribution < 1.29 is 19.0 Å². The van der Waals surface area contributed by atoms with E-state index in [1.165, 1.54) is 23.5 Å². The molecule has 1 N–H and O–H groups in total. The van der Waals surface area contributed by atoms with Crippen LogP contribution in [0.4, 0.5) is 4.39 Å². The standard InChI is InChI=1S/C18H21FN2O3S/c1-10-16(25-17(20-10)11(2)24-3)18(23)21-9-14(22)8-15(21)12-5-4-6-13(19)7-12/h4-7,11,14-15,22H,8-9H2,1-3H3/t11-,14+,15-/m1/s1. The highest BCUT2D eigenvalue weighted by molar-refractivity contribution is 7.13. The van der Waals surface area contributed by atoms with Crippen molar-refractivity contribution in [3.05, 3.63) is 51.2 Å². The number of nitrogens with zero attached hydrogens (tertiary/aromatic N) is 2. The number of amides is 1. The first-order valence-electron chi connectivity index (χ1n) is 8.15. The average molecular weight is 364 g/mol. The molecule has 25 heavy (non-hydrogen) atoms. The highest BCUT2D eigenvalue weighted by Gasteiger charge is 2.37. The highest BCUT2D eigenvalue weighted by atomic mass is 32.1. The van der Waals surface area contributed by atoms with Crippen LogP contribution >= 0.6 is 11.3 Å². The molecule has 0 saturated carbocycles. The summed E-state index contributed by atoms with van der Waals surface area (Å²) in [4.78, 5) is 19.6. The molecular formula is C18H21FN2O3S. The van der Waals surface area contributed by atoms with Crippen LogP contribution in [0.3, 0.4) is 0 Å². The Balaban J connectivity index is 1.91. The number of methoxy groups -OCH3 is 1. The van der Waals surface area contributed by atoms with E-state index in [0.717, 1.165) is 5.01 Å². The zero-order valence-corrected chi connectivity index (χ0v) is 15.2. The van der Waals surface area contributed by atoms with E-state index in [1.807, 2.05) is 6.92 Å². The van der Waals surface area contributed by atoms with E-state index in [9.17, 15) is 14.3 Å². The molecule has 0 unspecified atom stereocenters. The maximum Gasteiger partial charge on any atom is 0.266 e. The monoisotopic (exact) mass is 364 g/mol. The van der Waals surface area contributed by atoms with Gasteiger partial charge in [0.15, 0.2) is 0 Å². The Hall–Kier alpha value is -1.83. The molecule has 1 aromatic heterocycles. The van der Waals surface area contributed by atoms with Gasteiger partial charge in [-0.15, -0.1) is 11.3 Å². The number of hydrogen-bond acceptors (Lipinski definition) is 5. The molecule has 3 atom stereocenters. The second kappa shape index (κ2) is 7.19. The second-order valence-electron chi connectivity index (χ2n) is 6.26. The third-order valence-electron chi connectivity index (χ3n) is 4.48. The van der Waals surface area contributed by atoms with Crippen LogP contribution in [-0.4, -0.2) is 40.7 Å². The molecule has 3 rings (SSSR count). The Morgan fingerprint density at radius 1 is 1.52 bits per heavy atom. The van der Waals surface area contributed by atoms with E-state index in [4.69, 9.17) is 4.74 Å². The Kier molecular flexibility index (Phi) is 5.17. The fourth-order valence-corrected chi connectivity index (χ4v) is 4.14. The number of carbonyl (C=O) groups excluding carboxylic acids is 1. The summed E-state index contributed by atoms with van der Waals surface area (Å²) in [6, 6.07) is 5.84. The van der Waals surface area contributed by atoms with Crippen LogP contribution in [0.2, 0.25) is 0 Å². The summed E-state index contributed by atoms with van der Waals surface area (Å²) in [5.41, 5.74) is 1.34. The number of rotatable bonds is 4. The van der Waals surface area contributed by atoms with Crippen LogP contribution in [0, 0.1) is 12.7 Å². The number of aryl methyl sites for hydroxylation is 1. The quantitative estimate of drug-likeness (QED) is 0.905. The summed E-state index contributed by atoms with van der Waals surface area (Å²) in [5.74, 6) is -0.535. The van der Waals surface area contributed by atoms with Crippen LogP contribution in [0.5, 0.6) is 0 Å². The van der Waals surface area contributed by atoms with E-state index in [1.54, 1.807) is 31.1 Å². The number of aromatic nitrogens is 1. The number of β-amino-alcohol motifs (C(OH)–C–C–N with tert-alkyl or cyclic N) is 1. The molecule has 0 bridgehead atoms. The minimum atomic E-state index is -0.622. The van der Waals surface area contributed by atoms with Crippen molar-refractivity contribution in [1.29, 1.82) is 0 Å². The molecule has 7 heteroatoms. The molecule has 1 saturated heterocycles. The molecule has 134 valence electrons. The molecule has 1 aromatic carbocycles. The molecule has 2 aromatic rings. The van der Waals surface area contributed by atoms with Gasteiger partial charge in [0.2, 0.25) is 0 Å². The van der Waals surface area contributed by atoms with E-state index in [-0.39, 0.29) is 30.4 Å². The molecule has 1 amide bonds. The van der Waals surface area contributed by atoms with Gasteiger partial charge in [-0.05, 0) is 38.0 Å². The van der Waals surface area contributed by atoms with E-state index < -0.39 is 6.10 Å². The van der Waals surface area contributed by atoms with Gasteiger partial charge in [0.1, 0.15) is 21.8 Å². The van der Waals surface area contributed by atoms with Crippen LogP contribution in [0.25, 0.3) is 0 Å². The van der Waals surface area contributed by atoms with E-state index >= 15 is 0 Å². The molecule has 2 heterocycles. The number of aliphatic hydroxyl groups is 1. The number of ether oxygens (including phenoxy) is 1. The number of halogens is 1. The fraction of sp³-hybridized carbons (Fsp3) is 0.444. The first kappa shape index (κ1) is 18.0. The summed E-state index contributed by atoms with van der Waals surface area (Å²) >= 11 is 1.31. The van der Waals surface area contributed by atoms with Gasteiger partial charge in [0, 0.05) is 13.7 Å². The van der Waals surface area contributed by atoms with Crippen molar-refractivity contribution in [2.24, 2.45) is 0 Å². The summed E-state index contributed by atoms with van der Waals surface area (Å²) in [6.07, 6.45) is -0.412. The van der Waals surface area contributed by atoms with E-state index in [0.29, 0.717) is 22.6 Å². The fourth-order valence-electron chi connectivity index (χ4n) is 3.09. The van der Waals surface area contributed by atoms with Gasteiger partial charge >= 0.3 is 0 Å². The Morgan fingerprint density at radius 2 is 2.28 bits per heavy atom. The minimum absolute atomic E-state index is 0.185. The number of hydrogen-bond donors (Lipinski definition) is 1. The predicted molar refractivity (Wildman–Crippen MR) is 93.1 cm³/mol. The van der Waals surface area contributed by atoms with Crippen molar-refractivity contribution in [2.45, 2.75) is 38.5 Å². The summed E-state index contributed by atoms with van der Waals surface area (Å²) in [6.45, 7) is 3.90. The summed E-state index contributed by atoms with van der Waals surface area (Å²) < 4.78 is 18.8. The van der Waals surface area contributed by atoms with Crippen LogP contribution in [0.15, 0.2) is 24.3 Å². The lowest BCUT2D eigenvalue weighted by atomic mass is 10.0. The van der Waals surface area contributed by atoms with Gasteiger partial charge in [-0.2, -0.15) is 0 Å². The maximum absolute atomic E-state index is 13.6. The smallest absolute Gasteiger partial charge is 0.266 e. The lowest BCUT2D eigenvalue weighted by molar-refractivity contribution is 0.0719. The number of carbonyl (C=O) groups is 1. The van der Waals surface area contributed by atoms with Crippen molar-refractivity contribution in [3.8, 4) is 0 Å². The Bertz CT molecular complexity index is 779. The van der Waals surface area contributed by atoms with Gasteiger partial charge < -0.3 is 14.7 Å². The first-order valence-corrected chi connectivity index (χ1v) is 8.97. The van der Waals surface area contributed by atoms with Gasteiger partial charge in [0.05, 0.1) is 17.8 Å². The zero-order chi connectivity index (χ0) is 18.1. The molecule has 0 spiro atoms. The number of likely N-dealkylation sites (tertiary alicyclic amines) is 1. The first-order chi connectivity index (χ1) is 11.9. The molecule has 1 aliphatic rings. The molecular weight excluding hydrogens is 343 g/mol. The van der Waals surface area contributed by atoms with Crippen molar-refractivity contribution >= 4 is 17.2 Å². The number of benzene rings is 1. The largest absolute Gasteiger partial charge is 0.391 e. The molecule has 1 aliphatic heterocycles. The second-order valence-corrected chi connectivity index (χ2v) is 7.29. The summed E-state index contributed by atoms with van der Waals surface area (Å²) in [5, 5.41) is 10.8. The third kappa shape index (κ3) is 3.58. The van der Waals surface area contributed by atoms with Gasteiger partial charge in [-0.1, -0.05) is 12.1 Å². The lowest BCUT2D eigenvalue weighted by Crippen LogP contribution is -2.31. The molecule has 1 fully saturated rings. The number of thiazole rings is 1. The molecule has 5 nitrogen and oxygen atoms in total.